The van der Waals surface area contributed by atoms with E-state index in [-0.39, 0.29) is 29.4 Å². The summed E-state index contributed by atoms with van der Waals surface area (Å²) in [5, 5.41) is 5.90. The first-order valence-electron chi connectivity index (χ1n) is 9.98. The Labute approximate surface area is 169 Å². The number of benzene rings is 1. The molecule has 2 amide bonds. The molecule has 2 N–H and O–H groups in total. The number of fused-ring (bicyclic) bond motifs is 1. The van der Waals surface area contributed by atoms with Crippen LogP contribution in [-0.4, -0.2) is 33.8 Å². The molecule has 0 atom stereocenters. The summed E-state index contributed by atoms with van der Waals surface area (Å²) in [4.78, 5) is 30.2. The molecule has 150 valence electrons. The highest BCUT2D eigenvalue weighted by Gasteiger charge is 2.24. The van der Waals surface area contributed by atoms with Crippen molar-refractivity contribution in [1.82, 2.24) is 14.7 Å². The Morgan fingerprint density at radius 1 is 1.10 bits per heavy atom. The van der Waals surface area contributed by atoms with Gasteiger partial charge in [0.25, 0.3) is 11.8 Å². The minimum Gasteiger partial charge on any atom is -0.492 e. The first-order chi connectivity index (χ1) is 14.2. The highest BCUT2D eigenvalue weighted by atomic mass is 16.5. The summed E-state index contributed by atoms with van der Waals surface area (Å²) in [7, 11) is 0. The van der Waals surface area contributed by atoms with Gasteiger partial charge < -0.3 is 15.4 Å². The Kier molecular flexibility index (Phi) is 5.46. The van der Waals surface area contributed by atoms with Gasteiger partial charge in [-0.2, -0.15) is 0 Å². The van der Waals surface area contributed by atoms with Gasteiger partial charge in [-0.25, -0.2) is 4.98 Å². The number of aromatic nitrogens is 2. The topological polar surface area (TPSA) is 84.7 Å². The van der Waals surface area contributed by atoms with Crippen molar-refractivity contribution in [2.75, 3.05) is 11.9 Å². The van der Waals surface area contributed by atoms with E-state index in [4.69, 9.17) is 4.74 Å². The summed E-state index contributed by atoms with van der Waals surface area (Å²) >= 11 is 0. The van der Waals surface area contributed by atoms with Crippen LogP contribution in [0.4, 0.5) is 5.69 Å². The Morgan fingerprint density at radius 3 is 2.66 bits per heavy atom. The summed E-state index contributed by atoms with van der Waals surface area (Å²) in [6, 6.07) is 12.8. The molecule has 0 radical (unpaired) electrons. The third kappa shape index (κ3) is 3.94. The van der Waals surface area contributed by atoms with Gasteiger partial charge in [0, 0.05) is 12.2 Å². The molecule has 4 rings (SSSR count). The number of nitrogens with one attached hydrogen (secondary N) is 2. The first kappa shape index (κ1) is 19.0. The minimum atomic E-state index is -0.388. The molecule has 0 aliphatic heterocycles. The van der Waals surface area contributed by atoms with E-state index in [0.717, 1.165) is 25.7 Å². The second-order valence-electron chi connectivity index (χ2n) is 7.08. The second-order valence-corrected chi connectivity index (χ2v) is 7.08. The third-order valence-electron chi connectivity index (χ3n) is 5.09. The zero-order valence-electron chi connectivity index (χ0n) is 16.4. The fourth-order valence-corrected chi connectivity index (χ4v) is 3.72. The predicted octanol–water partition coefficient (Wildman–Crippen LogP) is 3.66. The molecule has 2 heterocycles. The maximum absolute atomic E-state index is 13.0. The normalized spacial score (nSPS) is 14.1. The number of rotatable bonds is 6. The van der Waals surface area contributed by atoms with E-state index in [0.29, 0.717) is 23.6 Å². The second kappa shape index (κ2) is 8.34. The van der Waals surface area contributed by atoms with Gasteiger partial charge in [-0.05, 0) is 44.0 Å². The lowest BCUT2D eigenvalue weighted by atomic mass is 10.2. The average molecular weight is 392 g/mol. The van der Waals surface area contributed by atoms with E-state index in [1.54, 1.807) is 28.8 Å². The Bertz CT molecular complexity index is 1040. The van der Waals surface area contributed by atoms with E-state index in [1.165, 1.54) is 0 Å². The molecule has 1 aliphatic carbocycles. The molecule has 7 heteroatoms. The molecule has 0 bridgehead atoms. The van der Waals surface area contributed by atoms with E-state index in [9.17, 15) is 9.59 Å². The van der Waals surface area contributed by atoms with Crippen LogP contribution in [0.3, 0.4) is 0 Å². The number of pyridine rings is 1. The molecule has 1 aliphatic rings. The van der Waals surface area contributed by atoms with Gasteiger partial charge in [0.2, 0.25) is 5.82 Å². The lowest BCUT2D eigenvalue weighted by Gasteiger charge is -2.10. The van der Waals surface area contributed by atoms with E-state index < -0.39 is 0 Å². The number of hydrogen-bond acceptors (Lipinski definition) is 4. The van der Waals surface area contributed by atoms with Crippen molar-refractivity contribution in [2.24, 2.45) is 0 Å². The molecule has 3 aromatic rings. The van der Waals surface area contributed by atoms with E-state index >= 15 is 0 Å². The van der Waals surface area contributed by atoms with Gasteiger partial charge >= 0.3 is 0 Å². The van der Waals surface area contributed by atoms with Crippen molar-refractivity contribution >= 4 is 23.0 Å². The zero-order valence-corrected chi connectivity index (χ0v) is 16.4. The molecular weight excluding hydrogens is 368 g/mol. The molecule has 1 saturated carbocycles. The molecule has 0 saturated heterocycles. The monoisotopic (exact) mass is 392 g/mol. The summed E-state index contributed by atoms with van der Waals surface area (Å²) < 4.78 is 7.23. The number of anilines is 1. The van der Waals surface area contributed by atoms with Gasteiger partial charge in [0.05, 0.1) is 17.8 Å². The molecule has 29 heavy (non-hydrogen) atoms. The molecule has 1 fully saturated rings. The molecule has 0 spiro atoms. The maximum atomic E-state index is 13.0. The van der Waals surface area contributed by atoms with Crippen LogP contribution in [-0.2, 0) is 0 Å². The number of hydrogen-bond donors (Lipinski definition) is 2. The number of para-hydroxylation sites is 2. The van der Waals surface area contributed by atoms with Crippen molar-refractivity contribution in [2.45, 2.75) is 38.6 Å². The van der Waals surface area contributed by atoms with Gasteiger partial charge in [0.15, 0.2) is 5.69 Å². The quantitative estimate of drug-likeness (QED) is 0.670. The van der Waals surface area contributed by atoms with Crippen molar-refractivity contribution in [3.8, 4) is 5.75 Å². The highest BCUT2D eigenvalue weighted by molar-refractivity contribution is 6.09. The number of nitrogens with zero attached hydrogens (tertiary/aromatic N) is 2. The Hall–Kier alpha value is -3.35. The van der Waals surface area contributed by atoms with Crippen molar-refractivity contribution in [3.05, 3.63) is 60.2 Å². The van der Waals surface area contributed by atoms with Crippen LogP contribution in [0.15, 0.2) is 48.7 Å². The van der Waals surface area contributed by atoms with Crippen LogP contribution in [0.1, 0.15) is 53.7 Å². The van der Waals surface area contributed by atoms with Gasteiger partial charge in [-0.3, -0.25) is 14.0 Å². The molecule has 0 unspecified atom stereocenters. The van der Waals surface area contributed by atoms with Crippen LogP contribution in [0, 0.1) is 0 Å². The van der Waals surface area contributed by atoms with Gasteiger partial charge in [0.1, 0.15) is 5.75 Å². The van der Waals surface area contributed by atoms with Crippen molar-refractivity contribution in [1.29, 1.82) is 0 Å². The number of carbonyl (C=O) groups is 2. The van der Waals surface area contributed by atoms with Gasteiger partial charge in [-0.1, -0.05) is 31.0 Å². The van der Waals surface area contributed by atoms with Crippen LogP contribution >= 0.6 is 0 Å². The number of amides is 2. The zero-order chi connectivity index (χ0) is 20.2. The highest BCUT2D eigenvalue weighted by Crippen LogP contribution is 2.25. The predicted molar refractivity (Wildman–Crippen MR) is 110 cm³/mol. The van der Waals surface area contributed by atoms with Gasteiger partial charge in [-0.15, -0.1) is 0 Å². The van der Waals surface area contributed by atoms with E-state index in [2.05, 4.69) is 15.6 Å². The van der Waals surface area contributed by atoms with Crippen molar-refractivity contribution < 1.29 is 14.3 Å². The average Bonchev–Trinajstić information content (AvgIpc) is 3.37. The lowest BCUT2D eigenvalue weighted by Crippen LogP contribution is -2.33. The third-order valence-corrected chi connectivity index (χ3v) is 5.09. The number of imidazole rings is 1. The summed E-state index contributed by atoms with van der Waals surface area (Å²) in [6.45, 7) is 2.38. The smallest absolute Gasteiger partial charge is 0.287 e. The Balaban J connectivity index is 1.64. The van der Waals surface area contributed by atoms with Crippen LogP contribution < -0.4 is 15.4 Å². The fraction of sp³-hybridized carbons (Fsp3) is 0.318. The van der Waals surface area contributed by atoms with Crippen LogP contribution in [0.25, 0.3) is 5.52 Å². The molecule has 1 aromatic carbocycles. The minimum absolute atomic E-state index is 0.175. The summed E-state index contributed by atoms with van der Waals surface area (Å²) in [6.07, 6.45) is 5.96. The first-order valence-corrected chi connectivity index (χ1v) is 9.98. The lowest BCUT2D eigenvalue weighted by molar-refractivity contribution is 0.0926. The maximum Gasteiger partial charge on any atom is 0.287 e. The largest absolute Gasteiger partial charge is 0.492 e. The Morgan fingerprint density at radius 2 is 1.86 bits per heavy atom. The molecular formula is C22H24N4O3. The molecule has 7 nitrogen and oxygen atoms in total. The standard InChI is InChI=1S/C22H24N4O3/c1-2-29-18-13-6-5-11-16(18)24-21(27)19-17-12-7-8-14-26(17)20(25-19)22(28)23-15-9-3-4-10-15/h5-8,11-15H,2-4,9-10H2,1H3,(H,23,28)(H,24,27). The SMILES string of the molecule is CCOc1ccccc1NC(=O)c1nc(C(=O)NC2CCCC2)n2ccccc12. The summed E-state index contributed by atoms with van der Waals surface area (Å²) in [5.41, 5.74) is 1.34. The van der Waals surface area contributed by atoms with Crippen LogP contribution in [0.2, 0.25) is 0 Å². The summed E-state index contributed by atoms with van der Waals surface area (Å²) in [5.74, 6) is 0.162. The van der Waals surface area contributed by atoms with E-state index in [1.807, 2.05) is 31.2 Å². The number of carbonyl (C=O) groups excluding carboxylic acids is 2. The van der Waals surface area contributed by atoms with Crippen molar-refractivity contribution in [3.63, 3.8) is 0 Å². The fourth-order valence-electron chi connectivity index (χ4n) is 3.72. The molecule has 2 aromatic heterocycles. The van der Waals surface area contributed by atoms with Crippen LogP contribution in [0.5, 0.6) is 5.75 Å². The number of ether oxygens (including phenoxy) is 1.